The maximum absolute atomic E-state index is 12.5. The van der Waals surface area contributed by atoms with Crippen molar-refractivity contribution in [3.63, 3.8) is 0 Å². The number of aryl methyl sites for hydroxylation is 1. The zero-order valence-electron chi connectivity index (χ0n) is 13.6. The fourth-order valence-electron chi connectivity index (χ4n) is 2.62. The SMILES string of the molecule is CN=C(NCc1cc(Br)cs1)N1CCN(c2cnn(C)c2)C(=O)C1. The molecule has 0 radical (unpaired) electrons. The lowest BCUT2D eigenvalue weighted by Gasteiger charge is -2.35. The number of thiophene rings is 1. The molecule has 1 saturated heterocycles. The van der Waals surface area contributed by atoms with E-state index in [4.69, 9.17) is 0 Å². The summed E-state index contributed by atoms with van der Waals surface area (Å²) in [6, 6.07) is 2.08. The van der Waals surface area contributed by atoms with Gasteiger partial charge in [0.1, 0.15) is 6.54 Å². The first-order valence-electron chi connectivity index (χ1n) is 7.54. The summed E-state index contributed by atoms with van der Waals surface area (Å²) < 4.78 is 2.79. The maximum atomic E-state index is 12.5. The summed E-state index contributed by atoms with van der Waals surface area (Å²) in [6.07, 6.45) is 3.57. The normalized spacial score (nSPS) is 16.0. The van der Waals surface area contributed by atoms with Gasteiger partial charge in [-0.1, -0.05) is 0 Å². The molecule has 128 valence electrons. The van der Waals surface area contributed by atoms with Gasteiger partial charge in [-0.3, -0.25) is 14.5 Å². The van der Waals surface area contributed by atoms with E-state index >= 15 is 0 Å². The van der Waals surface area contributed by atoms with Crippen molar-refractivity contribution >= 4 is 44.8 Å². The van der Waals surface area contributed by atoms with Gasteiger partial charge < -0.3 is 15.1 Å². The Labute approximate surface area is 153 Å². The molecule has 0 atom stereocenters. The molecule has 1 fully saturated rings. The first-order chi connectivity index (χ1) is 11.6. The van der Waals surface area contributed by atoms with Crippen LogP contribution >= 0.6 is 27.3 Å². The standard InChI is InChI=1S/C15H19BrN6OS/c1-17-15(18-7-13-5-11(16)10-24-13)21-3-4-22(14(23)9-21)12-6-19-20(2)8-12/h5-6,8,10H,3-4,7,9H2,1-2H3,(H,17,18). The summed E-state index contributed by atoms with van der Waals surface area (Å²) in [5.74, 6) is 0.801. The van der Waals surface area contributed by atoms with Gasteiger partial charge in [0, 0.05) is 48.1 Å². The van der Waals surface area contributed by atoms with E-state index in [2.05, 4.69) is 42.8 Å². The average molecular weight is 411 g/mol. The number of nitrogens with zero attached hydrogens (tertiary/aromatic N) is 5. The molecule has 2 aromatic heterocycles. The van der Waals surface area contributed by atoms with E-state index in [0.717, 1.165) is 22.7 Å². The van der Waals surface area contributed by atoms with Crippen LogP contribution in [0.25, 0.3) is 0 Å². The molecule has 1 amide bonds. The lowest BCUT2D eigenvalue weighted by molar-refractivity contribution is -0.120. The van der Waals surface area contributed by atoms with Crippen molar-refractivity contribution < 1.29 is 4.79 Å². The van der Waals surface area contributed by atoms with Crippen LogP contribution in [-0.2, 0) is 18.4 Å². The Morgan fingerprint density at radius 3 is 2.92 bits per heavy atom. The Hall–Kier alpha value is -1.87. The van der Waals surface area contributed by atoms with Gasteiger partial charge in [-0.25, -0.2) is 0 Å². The van der Waals surface area contributed by atoms with Crippen LogP contribution in [0.4, 0.5) is 5.69 Å². The number of hydrogen-bond acceptors (Lipinski definition) is 4. The number of anilines is 1. The second-order valence-electron chi connectivity index (χ2n) is 5.47. The lowest BCUT2D eigenvalue weighted by atomic mass is 10.3. The monoisotopic (exact) mass is 410 g/mol. The third kappa shape index (κ3) is 3.78. The highest BCUT2D eigenvalue weighted by Gasteiger charge is 2.27. The summed E-state index contributed by atoms with van der Waals surface area (Å²) in [4.78, 5) is 21.7. The van der Waals surface area contributed by atoms with Crippen LogP contribution in [0.15, 0.2) is 33.3 Å². The fourth-order valence-corrected chi connectivity index (χ4v) is 4.01. The van der Waals surface area contributed by atoms with Crippen LogP contribution in [0.5, 0.6) is 0 Å². The zero-order valence-corrected chi connectivity index (χ0v) is 16.0. The number of nitrogens with one attached hydrogen (secondary N) is 1. The molecular formula is C15H19BrN6OS. The molecule has 0 aliphatic carbocycles. The minimum atomic E-state index is 0.0519. The molecule has 0 unspecified atom stereocenters. The van der Waals surface area contributed by atoms with E-state index in [1.807, 2.05) is 18.1 Å². The highest BCUT2D eigenvalue weighted by molar-refractivity contribution is 9.10. The van der Waals surface area contributed by atoms with Gasteiger partial charge in [0.15, 0.2) is 5.96 Å². The predicted molar refractivity (Wildman–Crippen MR) is 99.4 cm³/mol. The summed E-state index contributed by atoms with van der Waals surface area (Å²) in [7, 11) is 3.59. The third-order valence-electron chi connectivity index (χ3n) is 3.78. The summed E-state index contributed by atoms with van der Waals surface area (Å²) in [5, 5.41) is 9.51. The molecule has 0 bridgehead atoms. The Bertz CT molecular complexity index is 755. The lowest BCUT2D eigenvalue weighted by Crippen LogP contribution is -2.55. The average Bonchev–Trinajstić information content (AvgIpc) is 3.16. The van der Waals surface area contributed by atoms with Crippen molar-refractivity contribution in [1.29, 1.82) is 0 Å². The molecule has 0 aromatic carbocycles. The molecule has 1 aliphatic rings. The number of aromatic nitrogens is 2. The number of rotatable bonds is 3. The predicted octanol–water partition coefficient (Wildman–Crippen LogP) is 1.67. The van der Waals surface area contributed by atoms with Crippen LogP contribution in [0.1, 0.15) is 4.88 Å². The molecule has 1 aliphatic heterocycles. The number of halogens is 1. The van der Waals surface area contributed by atoms with E-state index in [0.29, 0.717) is 19.6 Å². The Morgan fingerprint density at radius 1 is 1.50 bits per heavy atom. The van der Waals surface area contributed by atoms with E-state index < -0.39 is 0 Å². The van der Waals surface area contributed by atoms with Crippen molar-refractivity contribution in [3.05, 3.63) is 33.2 Å². The van der Waals surface area contributed by atoms with Crippen LogP contribution in [0, 0.1) is 0 Å². The minimum Gasteiger partial charge on any atom is -0.351 e. The fraction of sp³-hybridized carbons (Fsp3) is 0.400. The first kappa shape index (κ1) is 17.0. The summed E-state index contributed by atoms with van der Waals surface area (Å²) in [6.45, 7) is 2.35. The van der Waals surface area contributed by atoms with E-state index in [-0.39, 0.29) is 5.91 Å². The van der Waals surface area contributed by atoms with Gasteiger partial charge in [0.2, 0.25) is 5.91 Å². The van der Waals surface area contributed by atoms with Gasteiger partial charge in [-0.05, 0) is 22.0 Å². The number of guanidine groups is 1. The Balaban J connectivity index is 1.60. The molecule has 2 aromatic rings. The first-order valence-corrected chi connectivity index (χ1v) is 9.21. The Morgan fingerprint density at radius 2 is 2.33 bits per heavy atom. The van der Waals surface area contributed by atoms with Crippen molar-refractivity contribution in [2.45, 2.75) is 6.54 Å². The second-order valence-corrected chi connectivity index (χ2v) is 7.38. The van der Waals surface area contributed by atoms with Gasteiger partial charge in [0.05, 0.1) is 18.4 Å². The van der Waals surface area contributed by atoms with Crippen molar-refractivity contribution in [3.8, 4) is 0 Å². The van der Waals surface area contributed by atoms with Crippen molar-refractivity contribution in [2.24, 2.45) is 12.0 Å². The van der Waals surface area contributed by atoms with Gasteiger partial charge >= 0.3 is 0 Å². The minimum absolute atomic E-state index is 0.0519. The maximum Gasteiger partial charge on any atom is 0.246 e. The number of amides is 1. The number of aliphatic imine (C=N–C) groups is 1. The zero-order chi connectivity index (χ0) is 17.1. The number of piperazine rings is 1. The summed E-state index contributed by atoms with van der Waals surface area (Å²) >= 11 is 5.14. The van der Waals surface area contributed by atoms with Gasteiger partial charge in [-0.15, -0.1) is 11.3 Å². The van der Waals surface area contributed by atoms with Gasteiger partial charge in [-0.2, -0.15) is 5.10 Å². The van der Waals surface area contributed by atoms with Crippen LogP contribution in [0.3, 0.4) is 0 Å². The number of carbonyl (C=O) groups is 1. The number of carbonyl (C=O) groups excluding carboxylic acids is 1. The quantitative estimate of drug-likeness (QED) is 0.617. The molecule has 24 heavy (non-hydrogen) atoms. The van der Waals surface area contributed by atoms with E-state index in [1.165, 1.54) is 4.88 Å². The molecule has 1 N–H and O–H groups in total. The van der Waals surface area contributed by atoms with Crippen LogP contribution in [0.2, 0.25) is 0 Å². The van der Waals surface area contributed by atoms with Crippen molar-refractivity contribution in [1.82, 2.24) is 20.0 Å². The molecule has 3 heterocycles. The molecule has 9 heteroatoms. The van der Waals surface area contributed by atoms with E-state index in [1.54, 1.807) is 34.2 Å². The van der Waals surface area contributed by atoms with E-state index in [9.17, 15) is 4.79 Å². The molecule has 3 rings (SSSR count). The van der Waals surface area contributed by atoms with Gasteiger partial charge in [0.25, 0.3) is 0 Å². The highest BCUT2D eigenvalue weighted by Crippen LogP contribution is 2.20. The molecule has 0 saturated carbocycles. The third-order valence-corrected chi connectivity index (χ3v) is 5.48. The topological polar surface area (TPSA) is 65.8 Å². The second kappa shape index (κ2) is 7.35. The number of hydrogen-bond donors (Lipinski definition) is 1. The summed E-state index contributed by atoms with van der Waals surface area (Å²) in [5.41, 5.74) is 0.841. The van der Waals surface area contributed by atoms with Crippen LogP contribution < -0.4 is 10.2 Å². The largest absolute Gasteiger partial charge is 0.351 e. The van der Waals surface area contributed by atoms with Crippen molar-refractivity contribution in [2.75, 3.05) is 31.6 Å². The molecule has 7 nitrogen and oxygen atoms in total. The highest BCUT2D eigenvalue weighted by atomic mass is 79.9. The smallest absolute Gasteiger partial charge is 0.246 e. The molecular weight excluding hydrogens is 392 g/mol. The van der Waals surface area contributed by atoms with Crippen LogP contribution in [-0.4, -0.2) is 53.2 Å². The molecule has 0 spiro atoms. The Kier molecular flexibility index (Phi) is 5.20.